The number of aliphatic hydroxyl groups is 2. The molecule has 17 aromatic rings. The Bertz CT molecular complexity index is 6840. The fourth-order valence-corrected chi connectivity index (χ4v) is 16.7. The van der Waals surface area contributed by atoms with Crippen LogP contribution in [0.3, 0.4) is 0 Å². The number of carboxylic acids is 2. The molecule has 0 aliphatic carbocycles. The van der Waals surface area contributed by atoms with Gasteiger partial charge in [-0.25, -0.2) is 39.4 Å². The molecule has 1 atom stereocenters. The molecule has 11 N–H and O–H groups in total. The molecule has 0 spiro atoms. The molecular formula is C89H90N34O7. The summed E-state index contributed by atoms with van der Waals surface area (Å²) >= 11 is 0. The highest BCUT2D eigenvalue weighted by molar-refractivity contribution is 5.90. The minimum Gasteiger partial charge on any atom is -0.508 e. The lowest BCUT2D eigenvalue weighted by atomic mass is 9.84. The SMILES string of the molecule is Nc1ccc(N2CCN(c3nc(N)c4ncn(-c5ccncc5)c4n3)CC2)nc1.Nc1nc(N2CCN(c3ccc(C(=O)O)cn3)CC2)nc2c1ncn2-c1ccncc1.O=C(O)C1CCN(c2nc(N3CCN(c4ccccc4)CC3)nc3c2ncn3-c2ccncc2)C1.OCCn1cnc2c(-n3ncc4ccccc43)nc(N3CCC(O)(c4ccc(O)cc4)CC3)nc21. The largest absolute Gasteiger partial charge is 0.508 e. The number of aromatic nitrogens is 23. The van der Waals surface area contributed by atoms with E-state index < -0.39 is 23.5 Å². The zero-order valence-corrected chi connectivity index (χ0v) is 70.4. The van der Waals surface area contributed by atoms with Gasteiger partial charge in [-0.15, -0.1) is 0 Å². The summed E-state index contributed by atoms with van der Waals surface area (Å²) in [6.45, 7) is 11.7. The number of hydrogen-bond donors (Lipinski definition) is 8. The lowest BCUT2D eigenvalue weighted by Gasteiger charge is -2.38. The van der Waals surface area contributed by atoms with Crippen LogP contribution in [0.15, 0.2) is 221 Å². The molecule has 130 heavy (non-hydrogen) atoms. The highest BCUT2D eigenvalue weighted by atomic mass is 16.4. The maximum Gasteiger partial charge on any atom is 0.337 e. The Morgan fingerprint density at radius 2 is 0.877 bits per heavy atom. The summed E-state index contributed by atoms with van der Waals surface area (Å²) in [6, 6.07) is 43.5. The fourth-order valence-electron chi connectivity index (χ4n) is 16.7. The van der Waals surface area contributed by atoms with Crippen molar-refractivity contribution in [2.75, 3.05) is 168 Å². The van der Waals surface area contributed by atoms with Crippen molar-refractivity contribution in [2.45, 2.75) is 31.4 Å². The van der Waals surface area contributed by atoms with Crippen LogP contribution in [0.4, 0.5) is 64.3 Å². The number of phenols is 1. The monoisotopic (exact) mass is 1750 g/mol. The van der Waals surface area contributed by atoms with Gasteiger partial charge in [0.2, 0.25) is 23.8 Å². The number of hydrogen-bond acceptors (Lipinski definition) is 34. The first-order valence-corrected chi connectivity index (χ1v) is 42.5. The average molecular weight is 1750 g/mol. The highest BCUT2D eigenvalue weighted by Crippen LogP contribution is 2.38. The van der Waals surface area contributed by atoms with E-state index in [-0.39, 0.29) is 17.9 Å². The molecule has 5 saturated heterocycles. The standard InChI is InChI=1S/C25H26N8O2.C25H25N7O3.C20H19N9O2.C19H20N10/c34-24(35)18-8-11-32(16-18)22-21-23(33(17-27-21)20-6-9-26-10-7-20)29-25(28-22)31-14-12-30(13-15-31)19-4-2-1-3-5-19;33-14-13-31-16-26-21-22(31)28-24(29-23(21)32-20-4-2-1-3-17(20)15-27-32)30-11-9-25(35,10-12-30)18-5-7-19(34)8-6-18;21-17-16-18(29(12-24-16)14-3-5-22-6-4-14)26-20(25-17)28-9-7-27(8-10-28)15-2-1-13(11-23-15)19(30)31;20-13-1-2-15(23-11-13)27-7-9-28(10-8-27)19-25-17(21)16-18(26-19)29(12-24-16)14-3-5-22-6-4-14/h1-7,9-10,17-18H,8,11-16H2,(H,34,35);1-8,15-16,33-35H,9-14H2;1-6,11-12H,7-10H2,(H,30,31)(H2,21,25,26);1-6,11-12H,7-10,20H2,(H2,21,25,26). The third-order valence-corrected chi connectivity index (χ3v) is 23.8. The van der Waals surface area contributed by atoms with E-state index in [1.54, 1.807) is 116 Å². The predicted molar refractivity (Wildman–Crippen MR) is 490 cm³/mol. The molecule has 19 heterocycles. The van der Waals surface area contributed by atoms with Gasteiger partial charge in [-0.2, -0.15) is 45.0 Å². The van der Waals surface area contributed by atoms with E-state index in [0.29, 0.717) is 176 Å². The number of nitrogens with zero attached hydrogens (tertiary/aromatic N) is 31. The molecule has 0 bridgehead atoms. The van der Waals surface area contributed by atoms with E-state index in [9.17, 15) is 30.0 Å². The second-order valence-electron chi connectivity index (χ2n) is 31.7. The molecule has 0 amide bonds. The number of phenolic OH excluding ortho intramolecular Hbond substituents is 1. The summed E-state index contributed by atoms with van der Waals surface area (Å²) in [5.74, 6) is 4.00. The Morgan fingerprint density at radius 3 is 1.38 bits per heavy atom. The van der Waals surface area contributed by atoms with Crippen LogP contribution in [0.25, 0.3) is 78.4 Å². The van der Waals surface area contributed by atoms with Gasteiger partial charge in [0, 0.05) is 166 Å². The zero-order chi connectivity index (χ0) is 88.9. The number of imidazole rings is 4. The topological polar surface area (TPSA) is 496 Å². The number of pyridine rings is 5. The van der Waals surface area contributed by atoms with E-state index in [1.165, 1.54) is 11.9 Å². The van der Waals surface area contributed by atoms with Crippen molar-refractivity contribution in [2.24, 2.45) is 5.92 Å². The van der Waals surface area contributed by atoms with Crippen molar-refractivity contribution >= 4 is 132 Å². The molecule has 5 aliphatic rings. The van der Waals surface area contributed by atoms with Gasteiger partial charge >= 0.3 is 11.9 Å². The number of anilines is 11. The van der Waals surface area contributed by atoms with Crippen LogP contribution in [0.2, 0.25) is 0 Å². The summed E-state index contributed by atoms with van der Waals surface area (Å²) in [5.41, 5.74) is 28.7. The molecule has 3 aromatic carbocycles. The van der Waals surface area contributed by atoms with Gasteiger partial charge in [0.15, 0.2) is 67.9 Å². The molecule has 1 unspecified atom stereocenters. The maximum atomic E-state index is 11.6. The van der Waals surface area contributed by atoms with Gasteiger partial charge in [0.1, 0.15) is 36.4 Å². The molecule has 41 heteroatoms. The molecule has 0 radical (unpaired) electrons. The number of aliphatic carboxylic acids is 1. The number of piperazine rings is 3. The molecule has 5 fully saturated rings. The van der Waals surface area contributed by atoms with Crippen molar-refractivity contribution in [3.05, 3.63) is 232 Å². The average Bonchev–Trinajstić information content (AvgIpc) is 1.58. The number of rotatable bonds is 17. The van der Waals surface area contributed by atoms with Gasteiger partial charge in [-0.05, 0) is 116 Å². The van der Waals surface area contributed by atoms with Gasteiger partial charge in [-0.3, -0.25) is 33.4 Å². The van der Waals surface area contributed by atoms with E-state index in [2.05, 4.69) is 118 Å². The number of benzene rings is 3. The number of nitrogen functional groups attached to an aromatic ring is 3. The van der Waals surface area contributed by atoms with E-state index in [4.69, 9.17) is 52.2 Å². The number of nitrogens with two attached hydrogens (primary N) is 3. The number of para-hydroxylation sites is 2. The second-order valence-corrected chi connectivity index (χ2v) is 31.7. The molecule has 41 nitrogen and oxygen atoms in total. The Hall–Kier alpha value is -16.5. The number of fused-ring (bicyclic) bond motifs is 5. The second kappa shape index (κ2) is 36.2. The molecular weight excluding hydrogens is 1660 g/mol. The minimum atomic E-state index is -0.986. The minimum absolute atomic E-state index is 0.0335. The van der Waals surface area contributed by atoms with Crippen molar-refractivity contribution in [1.82, 2.24) is 113 Å². The van der Waals surface area contributed by atoms with Gasteiger partial charge in [0.05, 0.1) is 70.7 Å². The number of aromatic hydroxyl groups is 1. The van der Waals surface area contributed by atoms with Crippen molar-refractivity contribution in [3.63, 3.8) is 0 Å². The number of carbonyl (C=O) groups is 2. The highest BCUT2D eigenvalue weighted by Gasteiger charge is 2.37. The number of aromatic carboxylic acids is 1. The first kappa shape index (κ1) is 83.1. The Balaban J connectivity index is 0.000000113. The number of carboxylic acid groups (broad SMARTS) is 2. The Labute approximate surface area is 741 Å². The summed E-state index contributed by atoms with van der Waals surface area (Å²) in [5, 5.41) is 54.5. The molecule has 0 saturated carbocycles. The van der Waals surface area contributed by atoms with E-state index >= 15 is 0 Å². The van der Waals surface area contributed by atoms with Crippen LogP contribution >= 0.6 is 0 Å². The Kier molecular flexibility index (Phi) is 23.2. The number of piperidine rings is 1. The summed E-state index contributed by atoms with van der Waals surface area (Å²) in [4.78, 5) is 117. The normalized spacial score (nSPS) is 15.8. The molecule has 14 aromatic heterocycles. The lowest BCUT2D eigenvalue weighted by Crippen LogP contribution is -2.47. The summed E-state index contributed by atoms with van der Waals surface area (Å²) in [6.07, 6.45) is 23.6. The number of aliphatic hydroxyl groups excluding tert-OH is 1. The van der Waals surface area contributed by atoms with Gasteiger partial charge in [0.25, 0.3) is 0 Å². The first-order chi connectivity index (χ1) is 63.5. The van der Waals surface area contributed by atoms with Crippen LogP contribution in [0.5, 0.6) is 5.75 Å². The quantitative estimate of drug-likeness (QED) is 0.0450. The lowest BCUT2D eigenvalue weighted by molar-refractivity contribution is -0.140. The van der Waals surface area contributed by atoms with Crippen LogP contribution < -0.4 is 56.4 Å². The summed E-state index contributed by atoms with van der Waals surface area (Å²) in [7, 11) is 0. The zero-order valence-electron chi connectivity index (χ0n) is 70.4. The van der Waals surface area contributed by atoms with Crippen molar-refractivity contribution < 1.29 is 35.1 Å². The Morgan fingerprint density at radius 1 is 0.415 bits per heavy atom. The van der Waals surface area contributed by atoms with Crippen LogP contribution in [0, 0.1) is 5.92 Å². The van der Waals surface area contributed by atoms with Crippen molar-refractivity contribution in [1.29, 1.82) is 0 Å². The molecule has 22 rings (SSSR count). The molecule has 658 valence electrons. The third-order valence-electron chi connectivity index (χ3n) is 23.8. The van der Waals surface area contributed by atoms with Crippen LogP contribution in [-0.4, -0.2) is 262 Å². The fraction of sp³-hybridized carbons (Fsp3) is 0.258. The molecule has 5 aliphatic heterocycles. The summed E-state index contributed by atoms with van der Waals surface area (Å²) < 4.78 is 9.29. The van der Waals surface area contributed by atoms with E-state index in [0.717, 1.165) is 97.5 Å². The van der Waals surface area contributed by atoms with Gasteiger partial charge in [-0.1, -0.05) is 48.5 Å². The smallest absolute Gasteiger partial charge is 0.337 e. The maximum absolute atomic E-state index is 11.6. The predicted octanol–water partition coefficient (Wildman–Crippen LogP) is 7.11. The van der Waals surface area contributed by atoms with Crippen molar-refractivity contribution in [3.8, 4) is 28.6 Å². The third kappa shape index (κ3) is 17.2. The first-order valence-electron chi connectivity index (χ1n) is 42.5. The van der Waals surface area contributed by atoms with E-state index in [1.807, 2.05) is 102 Å². The van der Waals surface area contributed by atoms with Crippen LogP contribution in [-0.2, 0) is 16.9 Å². The van der Waals surface area contributed by atoms with Gasteiger partial charge < -0.3 is 86.5 Å². The van der Waals surface area contributed by atoms with Crippen LogP contribution in [0.1, 0.15) is 35.2 Å².